The van der Waals surface area contributed by atoms with Gasteiger partial charge in [-0.1, -0.05) is 12.1 Å². The van der Waals surface area contributed by atoms with Crippen molar-refractivity contribution in [2.45, 2.75) is 25.1 Å². The van der Waals surface area contributed by atoms with Crippen molar-refractivity contribution in [3.05, 3.63) is 35.4 Å². The molecule has 1 aromatic carbocycles. The molecule has 1 aromatic rings. The molecule has 1 atom stereocenters. The van der Waals surface area contributed by atoms with Crippen molar-refractivity contribution < 1.29 is 22.7 Å². The molecular formula is C14H16F3NO2. The van der Waals surface area contributed by atoms with E-state index in [0.717, 1.165) is 25.0 Å². The number of esters is 1. The lowest BCUT2D eigenvalue weighted by Crippen LogP contribution is -2.31. The lowest BCUT2D eigenvalue weighted by atomic mass is 10.0. The number of hydrogen-bond acceptors (Lipinski definition) is 3. The Morgan fingerprint density at radius 3 is 2.40 bits per heavy atom. The highest BCUT2D eigenvalue weighted by atomic mass is 19.4. The van der Waals surface area contributed by atoms with Crippen LogP contribution in [0.3, 0.4) is 0 Å². The lowest BCUT2D eigenvalue weighted by molar-refractivity contribution is -0.143. The van der Waals surface area contributed by atoms with Crippen LogP contribution in [0.4, 0.5) is 13.2 Å². The molecule has 0 heterocycles. The third kappa shape index (κ3) is 3.72. The Kier molecular flexibility index (Phi) is 4.32. The molecule has 1 N–H and O–H groups in total. The van der Waals surface area contributed by atoms with Crippen LogP contribution in [0.15, 0.2) is 24.3 Å². The van der Waals surface area contributed by atoms with E-state index in [1.54, 1.807) is 0 Å². The van der Waals surface area contributed by atoms with Gasteiger partial charge in [0.05, 0.1) is 12.7 Å². The first kappa shape index (κ1) is 14.8. The Morgan fingerprint density at radius 2 is 1.95 bits per heavy atom. The average molecular weight is 287 g/mol. The van der Waals surface area contributed by atoms with Crippen LogP contribution >= 0.6 is 0 Å². The minimum atomic E-state index is -4.37. The first-order valence-corrected chi connectivity index (χ1v) is 6.40. The molecule has 1 aliphatic carbocycles. The summed E-state index contributed by atoms with van der Waals surface area (Å²) in [5.74, 6) is 0.0574. The molecule has 0 radical (unpaired) electrons. The highest BCUT2D eigenvalue weighted by Gasteiger charge is 2.31. The van der Waals surface area contributed by atoms with Crippen molar-refractivity contribution >= 4 is 5.97 Å². The van der Waals surface area contributed by atoms with E-state index in [4.69, 9.17) is 4.74 Å². The van der Waals surface area contributed by atoms with Crippen molar-refractivity contribution in [1.29, 1.82) is 0 Å². The molecule has 0 aromatic heterocycles. The minimum Gasteiger partial charge on any atom is -0.468 e. The Morgan fingerprint density at radius 1 is 1.35 bits per heavy atom. The molecular weight excluding hydrogens is 271 g/mol. The van der Waals surface area contributed by atoms with E-state index in [1.165, 1.54) is 19.2 Å². The van der Waals surface area contributed by atoms with E-state index in [9.17, 15) is 18.0 Å². The van der Waals surface area contributed by atoms with E-state index in [0.29, 0.717) is 18.0 Å². The number of halogens is 3. The van der Waals surface area contributed by atoms with Gasteiger partial charge in [-0.25, -0.2) is 4.79 Å². The highest BCUT2D eigenvalue weighted by molar-refractivity contribution is 5.77. The van der Waals surface area contributed by atoms with Gasteiger partial charge in [-0.2, -0.15) is 13.2 Å². The summed E-state index contributed by atoms with van der Waals surface area (Å²) >= 11 is 0. The number of carbonyl (C=O) groups is 1. The summed E-state index contributed by atoms with van der Waals surface area (Å²) < 4.78 is 42.2. The van der Waals surface area contributed by atoms with Gasteiger partial charge < -0.3 is 10.1 Å². The second-order valence-corrected chi connectivity index (χ2v) is 4.93. The van der Waals surface area contributed by atoms with Crippen LogP contribution in [0.25, 0.3) is 0 Å². The van der Waals surface area contributed by atoms with Gasteiger partial charge in [-0.3, -0.25) is 0 Å². The van der Waals surface area contributed by atoms with Gasteiger partial charge >= 0.3 is 12.1 Å². The molecule has 1 aliphatic rings. The predicted molar refractivity (Wildman–Crippen MR) is 66.9 cm³/mol. The molecule has 1 fully saturated rings. The molecule has 6 heteroatoms. The van der Waals surface area contributed by atoms with Crippen LogP contribution in [0.2, 0.25) is 0 Å². The first-order chi connectivity index (χ1) is 9.41. The first-order valence-electron chi connectivity index (χ1n) is 6.40. The van der Waals surface area contributed by atoms with E-state index < -0.39 is 23.8 Å². The van der Waals surface area contributed by atoms with Gasteiger partial charge in [0.1, 0.15) is 6.04 Å². The van der Waals surface area contributed by atoms with Crippen molar-refractivity contribution in [1.82, 2.24) is 5.32 Å². The molecule has 0 bridgehead atoms. The smallest absolute Gasteiger partial charge is 0.416 e. The molecule has 1 unspecified atom stereocenters. The summed E-state index contributed by atoms with van der Waals surface area (Å²) in [5, 5.41) is 3.05. The summed E-state index contributed by atoms with van der Waals surface area (Å²) in [6, 6.07) is 3.85. The predicted octanol–water partition coefficient (Wildman–Crippen LogP) is 2.92. The van der Waals surface area contributed by atoms with E-state index in [1.807, 2.05) is 0 Å². The number of methoxy groups -OCH3 is 1. The van der Waals surface area contributed by atoms with Crippen LogP contribution in [0.5, 0.6) is 0 Å². The summed E-state index contributed by atoms with van der Waals surface area (Å²) in [6.07, 6.45) is -2.14. The standard InChI is InChI=1S/C14H16F3NO2/c1-20-13(19)12(18-8-9-2-3-9)10-4-6-11(7-5-10)14(15,16)17/h4-7,9,12,18H,2-3,8H2,1H3. The third-order valence-corrected chi connectivity index (χ3v) is 3.32. The summed E-state index contributed by atoms with van der Waals surface area (Å²) in [4.78, 5) is 11.7. The fourth-order valence-corrected chi connectivity index (χ4v) is 1.93. The van der Waals surface area contributed by atoms with Gasteiger partial charge in [0.2, 0.25) is 0 Å². The second-order valence-electron chi connectivity index (χ2n) is 4.93. The Balaban J connectivity index is 2.12. The lowest BCUT2D eigenvalue weighted by Gasteiger charge is -2.17. The largest absolute Gasteiger partial charge is 0.468 e. The summed E-state index contributed by atoms with van der Waals surface area (Å²) in [5.41, 5.74) is -0.252. The third-order valence-electron chi connectivity index (χ3n) is 3.32. The van der Waals surface area contributed by atoms with Crippen LogP contribution in [0, 0.1) is 5.92 Å². The minimum absolute atomic E-state index is 0.477. The van der Waals surface area contributed by atoms with Gasteiger partial charge in [-0.05, 0) is 43.0 Å². The molecule has 1 saturated carbocycles. The monoisotopic (exact) mass is 287 g/mol. The Hall–Kier alpha value is -1.56. The Labute approximate surface area is 115 Å². The molecule has 110 valence electrons. The van der Waals surface area contributed by atoms with Crippen LogP contribution in [-0.2, 0) is 15.7 Å². The van der Waals surface area contributed by atoms with Crippen molar-refractivity contribution in [2.24, 2.45) is 5.92 Å². The van der Waals surface area contributed by atoms with E-state index in [2.05, 4.69) is 5.32 Å². The summed E-state index contributed by atoms with van der Waals surface area (Å²) in [6.45, 7) is 0.667. The van der Waals surface area contributed by atoms with Crippen molar-refractivity contribution in [3.8, 4) is 0 Å². The maximum absolute atomic E-state index is 12.5. The van der Waals surface area contributed by atoms with Crippen LogP contribution in [0.1, 0.15) is 30.0 Å². The second kappa shape index (κ2) is 5.83. The SMILES string of the molecule is COC(=O)C(NCC1CC1)c1ccc(C(F)(F)F)cc1. The molecule has 20 heavy (non-hydrogen) atoms. The molecule has 0 spiro atoms. The highest BCUT2D eigenvalue weighted by Crippen LogP contribution is 2.31. The maximum atomic E-state index is 12.5. The van der Waals surface area contributed by atoms with Crippen LogP contribution < -0.4 is 5.32 Å². The maximum Gasteiger partial charge on any atom is 0.416 e. The van der Waals surface area contributed by atoms with Gasteiger partial charge in [0.15, 0.2) is 0 Å². The topological polar surface area (TPSA) is 38.3 Å². The molecule has 2 rings (SSSR count). The van der Waals surface area contributed by atoms with Crippen LogP contribution in [-0.4, -0.2) is 19.6 Å². The quantitative estimate of drug-likeness (QED) is 0.846. The average Bonchev–Trinajstić information content (AvgIpc) is 3.22. The van der Waals surface area contributed by atoms with E-state index >= 15 is 0 Å². The van der Waals surface area contributed by atoms with Crippen molar-refractivity contribution in [2.75, 3.05) is 13.7 Å². The fraction of sp³-hybridized carbons (Fsp3) is 0.500. The van der Waals surface area contributed by atoms with Gasteiger partial charge in [0.25, 0.3) is 0 Å². The molecule has 3 nitrogen and oxygen atoms in total. The van der Waals surface area contributed by atoms with Crippen molar-refractivity contribution in [3.63, 3.8) is 0 Å². The number of alkyl halides is 3. The number of ether oxygens (including phenoxy) is 1. The number of benzene rings is 1. The Bertz CT molecular complexity index is 466. The van der Waals surface area contributed by atoms with E-state index in [-0.39, 0.29) is 0 Å². The fourth-order valence-electron chi connectivity index (χ4n) is 1.93. The summed E-state index contributed by atoms with van der Waals surface area (Å²) in [7, 11) is 1.26. The molecule has 0 aliphatic heterocycles. The normalized spacial score (nSPS) is 16.8. The number of carbonyl (C=O) groups excluding carboxylic acids is 1. The zero-order valence-corrected chi connectivity index (χ0v) is 11.0. The zero-order chi connectivity index (χ0) is 14.8. The number of hydrogen-bond donors (Lipinski definition) is 1. The van der Waals surface area contributed by atoms with Gasteiger partial charge in [0, 0.05) is 0 Å². The number of rotatable bonds is 5. The van der Waals surface area contributed by atoms with Gasteiger partial charge in [-0.15, -0.1) is 0 Å². The molecule has 0 saturated heterocycles. The zero-order valence-electron chi connectivity index (χ0n) is 11.0. The number of nitrogens with one attached hydrogen (secondary N) is 1. The molecule has 0 amide bonds.